The molecule has 4 heterocycles. The van der Waals surface area contributed by atoms with E-state index in [-0.39, 0.29) is 0 Å². The highest BCUT2D eigenvalue weighted by Crippen LogP contribution is 2.22. The van der Waals surface area contributed by atoms with Crippen molar-refractivity contribution in [1.29, 1.82) is 0 Å². The lowest BCUT2D eigenvalue weighted by Crippen LogP contribution is -2.47. The van der Waals surface area contributed by atoms with Gasteiger partial charge in [-0.05, 0) is 18.2 Å². The molecule has 4 rings (SSSR count). The van der Waals surface area contributed by atoms with Gasteiger partial charge in [-0.3, -0.25) is 0 Å². The third-order valence-electron chi connectivity index (χ3n) is 3.80. The van der Waals surface area contributed by atoms with Gasteiger partial charge in [-0.25, -0.2) is 9.97 Å². The van der Waals surface area contributed by atoms with E-state index in [1.54, 1.807) is 18.7 Å². The highest BCUT2D eigenvalue weighted by Gasteiger charge is 2.21. The van der Waals surface area contributed by atoms with Crippen molar-refractivity contribution in [3.63, 3.8) is 0 Å². The number of hydrogen-bond acceptors (Lipinski definition) is 9. The molecular formula is C15H17N7OS. The molecule has 8 nitrogen and oxygen atoms in total. The van der Waals surface area contributed by atoms with Crippen LogP contribution in [0.25, 0.3) is 0 Å². The van der Waals surface area contributed by atoms with Gasteiger partial charge in [0.15, 0.2) is 0 Å². The zero-order valence-corrected chi connectivity index (χ0v) is 13.8. The van der Waals surface area contributed by atoms with E-state index in [1.165, 1.54) is 11.5 Å². The summed E-state index contributed by atoms with van der Waals surface area (Å²) in [6.45, 7) is 4.09. The van der Waals surface area contributed by atoms with Crippen LogP contribution in [0.15, 0.2) is 41.3 Å². The molecule has 1 saturated heterocycles. The number of furan rings is 1. The Morgan fingerprint density at radius 2 is 1.88 bits per heavy atom. The third-order valence-corrected chi connectivity index (χ3v) is 4.58. The summed E-state index contributed by atoms with van der Waals surface area (Å²) < 4.78 is 9.66. The maximum absolute atomic E-state index is 5.29. The molecule has 0 spiro atoms. The number of piperazine rings is 1. The molecule has 24 heavy (non-hydrogen) atoms. The summed E-state index contributed by atoms with van der Waals surface area (Å²) in [7, 11) is 0. The largest absolute Gasteiger partial charge is 0.467 e. The smallest absolute Gasteiger partial charge is 0.236 e. The van der Waals surface area contributed by atoms with Crippen molar-refractivity contribution < 1.29 is 4.42 Å². The fraction of sp³-hybridized carbons (Fsp3) is 0.333. The van der Waals surface area contributed by atoms with Crippen molar-refractivity contribution >= 4 is 28.6 Å². The first-order chi connectivity index (χ1) is 11.9. The molecule has 124 valence electrons. The maximum Gasteiger partial charge on any atom is 0.236 e. The molecule has 9 heteroatoms. The molecule has 3 aromatic heterocycles. The van der Waals surface area contributed by atoms with Gasteiger partial charge in [0, 0.05) is 50.1 Å². The van der Waals surface area contributed by atoms with Gasteiger partial charge >= 0.3 is 0 Å². The second-order valence-corrected chi connectivity index (χ2v) is 6.09. The van der Waals surface area contributed by atoms with Gasteiger partial charge in [0.05, 0.1) is 12.8 Å². The Hall–Kier alpha value is -2.68. The molecule has 0 aliphatic carbocycles. The number of hydrogen-bond donors (Lipinski definition) is 1. The van der Waals surface area contributed by atoms with Gasteiger partial charge < -0.3 is 19.5 Å². The Balaban J connectivity index is 1.33. The van der Waals surface area contributed by atoms with Crippen LogP contribution in [0, 0.1) is 0 Å². The van der Waals surface area contributed by atoms with Crippen molar-refractivity contribution in [2.45, 2.75) is 6.54 Å². The van der Waals surface area contributed by atoms with Crippen LogP contribution in [0.4, 0.5) is 17.0 Å². The minimum absolute atomic E-state index is 0.586. The second-order valence-electron chi connectivity index (χ2n) is 5.36. The average Bonchev–Trinajstić information content (AvgIpc) is 3.33. The molecule has 0 amide bonds. The Labute approximate surface area is 143 Å². The molecule has 0 unspecified atom stereocenters. The first-order valence-corrected chi connectivity index (χ1v) is 8.53. The highest BCUT2D eigenvalue weighted by molar-refractivity contribution is 7.09. The SMILES string of the molecule is c1cnc(N2CCN(c3nc(NCc4ccco4)ns3)CC2)nc1. The van der Waals surface area contributed by atoms with E-state index in [0.717, 1.165) is 43.0 Å². The van der Waals surface area contributed by atoms with Gasteiger partial charge in [-0.15, -0.1) is 0 Å². The van der Waals surface area contributed by atoms with E-state index in [4.69, 9.17) is 4.42 Å². The first-order valence-electron chi connectivity index (χ1n) is 7.75. The molecule has 0 saturated carbocycles. The number of rotatable bonds is 5. The zero-order chi connectivity index (χ0) is 16.2. The lowest BCUT2D eigenvalue weighted by atomic mass is 10.3. The van der Waals surface area contributed by atoms with Gasteiger partial charge in [-0.2, -0.15) is 9.36 Å². The summed E-state index contributed by atoms with van der Waals surface area (Å²) >= 11 is 1.41. The summed E-state index contributed by atoms with van der Waals surface area (Å²) in [6, 6.07) is 5.62. The lowest BCUT2D eigenvalue weighted by Gasteiger charge is -2.34. The van der Waals surface area contributed by atoms with Gasteiger partial charge in [0.1, 0.15) is 5.76 Å². The summed E-state index contributed by atoms with van der Waals surface area (Å²) in [5.41, 5.74) is 0. The molecule has 0 radical (unpaired) electrons. The van der Waals surface area contributed by atoms with Crippen molar-refractivity contribution in [3.05, 3.63) is 42.6 Å². The zero-order valence-electron chi connectivity index (χ0n) is 13.0. The van der Waals surface area contributed by atoms with Crippen LogP contribution in [-0.4, -0.2) is 45.5 Å². The van der Waals surface area contributed by atoms with Crippen molar-refractivity contribution in [1.82, 2.24) is 19.3 Å². The molecule has 3 aromatic rings. The van der Waals surface area contributed by atoms with E-state index in [9.17, 15) is 0 Å². The summed E-state index contributed by atoms with van der Waals surface area (Å²) in [6.07, 6.45) is 5.21. The summed E-state index contributed by atoms with van der Waals surface area (Å²) in [5.74, 6) is 2.29. The lowest BCUT2D eigenvalue weighted by molar-refractivity contribution is 0.517. The predicted molar refractivity (Wildman–Crippen MR) is 92.4 cm³/mol. The fourth-order valence-corrected chi connectivity index (χ4v) is 3.25. The average molecular weight is 343 g/mol. The van der Waals surface area contributed by atoms with Gasteiger partial charge in [0.25, 0.3) is 0 Å². The normalized spacial score (nSPS) is 14.8. The highest BCUT2D eigenvalue weighted by atomic mass is 32.1. The quantitative estimate of drug-likeness (QED) is 0.752. The van der Waals surface area contributed by atoms with Crippen molar-refractivity contribution in [2.24, 2.45) is 0 Å². The van der Waals surface area contributed by atoms with E-state index in [1.807, 2.05) is 18.2 Å². The predicted octanol–water partition coefficient (Wildman–Crippen LogP) is 1.86. The molecule has 1 aliphatic heterocycles. The topological polar surface area (TPSA) is 83.2 Å². The minimum atomic E-state index is 0.586. The molecular weight excluding hydrogens is 326 g/mol. The van der Waals surface area contributed by atoms with E-state index in [0.29, 0.717) is 12.5 Å². The van der Waals surface area contributed by atoms with Crippen molar-refractivity contribution in [2.75, 3.05) is 41.3 Å². The van der Waals surface area contributed by atoms with Crippen molar-refractivity contribution in [3.8, 4) is 0 Å². The number of aromatic nitrogens is 4. The molecule has 1 N–H and O–H groups in total. The standard InChI is InChI=1S/C15H17N7OS/c1-3-12(23-10-1)11-18-13-19-15(24-20-13)22-8-6-21(7-9-22)14-16-4-2-5-17-14/h1-5,10H,6-9,11H2,(H,18,20). The first kappa shape index (κ1) is 14.9. The molecule has 0 aromatic carbocycles. The number of nitrogens with one attached hydrogen (secondary N) is 1. The Bertz CT molecular complexity index is 753. The Kier molecular flexibility index (Phi) is 4.24. The van der Waals surface area contributed by atoms with E-state index >= 15 is 0 Å². The molecule has 0 bridgehead atoms. The maximum atomic E-state index is 5.29. The van der Waals surface area contributed by atoms with Crippen LogP contribution in [0.5, 0.6) is 0 Å². The van der Waals surface area contributed by atoms with Crippen LogP contribution < -0.4 is 15.1 Å². The molecule has 1 fully saturated rings. The fourth-order valence-electron chi connectivity index (χ4n) is 2.55. The molecule has 1 aliphatic rings. The van der Waals surface area contributed by atoms with Gasteiger partial charge in [-0.1, -0.05) is 0 Å². The van der Waals surface area contributed by atoms with Crippen LogP contribution in [-0.2, 0) is 6.54 Å². The second kappa shape index (κ2) is 6.83. The number of anilines is 3. The van der Waals surface area contributed by atoms with Crippen LogP contribution >= 0.6 is 11.5 Å². The Morgan fingerprint density at radius 3 is 2.62 bits per heavy atom. The van der Waals surface area contributed by atoms with Gasteiger partial charge in [0.2, 0.25) is 17.0 Å². The molecule has 0 atom stereocenters. The van der Waals surface area contributed by atoms with E-state index in [2.05, 4.69) is 34.4 Å². The van der Waals surface area contributed by atoms with Crippen LogP contribution in [0.2, 0.25) is 0 Å². The third kappa shape index (κ3) is 3.30. The number of nitrogens with zero attached hydrogens (tertiary/aromatic N) is 6. The Morgan fingerprint density at radius 1 is 1.08 bits per heavy atom. The minimum Gasteiger partial charge on any atom is -0.467 e. The van der Waals surface area contributed by atoms with Crippen LogP contribution in [0.1, 0.15) is 5.76 Å². The monoisotopic (exact) mass is 343 g/mol. The summed E-state index contributed by atoms with van der Waals surface area (Å²) in [5, 5.41) is 4.11. The van der Waals surface area contributed by atoms with Crippen LogP contribution in [0.3, 0.4) is 0 Å². The summed E-state index contributed by atoms with van der Waals surface area (Å²) in [4.78, 5) is 17.6. The van der Waals surface area contributed by atoms with E-state index < -0.39 is 0 Å².